The molecular weight excluding hydrogens is 316 g/mol. The molecule has 0 spiro atoms. The molecule has 0 saturated heterocycles. The lowest BCUT2D eigenvalue weighted by Gasteiger charge is -2.29. The maximum absolute atomic E-state index is 12.3. The number of rotatable bonds is 6. The molecule has 0 amide bonds. The zero-order chi connectivity index (χ0) is 16.8. The predicted octanol–water partition coefficient (Wildman–Crippen LogP) is 3.47. The Morgan fingerprint density at radius 1 is 1.35 bits per heavy atom. The van der Waals surface area contributed by atoms with E-state index in [1.807, 2.05) is 25.1 Å². The molecule has 0 aromatic heterocycles. The van der Waals surface area contributed by atoms with Crippen LogP contribution in [0.1, 0.15) is 31.7 Å². The summed E-state index contributed by atoms with van der Waals surface area (Å²) in [5, 5.41) is 9.09. The van der Waals surface area contributed by atoms with Crippen LogP contribution in [0.3, 0.4) is 0 Å². The Kier molecular flexibility index (Phi) is 6.30. The normalized spacial score (nSPS) is 20.7. The number of hydrogen-bond donors (Lipinski definition) is 0. The fraction of sp³-hybridized carbons (Fsp3) is 0.471. The molecule has 1 aliphatic heterocycles. The molecule has 0 fully saturated rings. The monoisotopic (exact) mass is 336 g/mol. The summed E-state index contributed by atoms with van der Waals surface area (Å²) in [4.78, 5) is 12.3. The van der Waals surface area contributed by atoms with E-state index in [0.29, 0.717) is 30.4 Å². The second kappa shape index (κ2) is 8.22. The number of carbonyl (C=O) groups excluding carboxylic acids is 1. The first-order valence-corrected chi connectivity index (χ1v) is 7.98. The summed E-state index contributed by atoms with van der Waals surface area (Å²) in [6.45, 7) is 4.91. The number of esters is 1. The summed E-state index contributed by atoms with van der Waals surface area (Å²) in [5.74, 6) is -1.05. The van der Waals surface area contributed by atoms with E-state index in [4.69, 9.17) is 21.1 Å². The molecule has 0 N–H and O–H groups in total. The SMILES string of the molecule is CCOCCC1=NN=C(C)C(C(=O)OC)C1c1cccc(Cl)c1. The lowest BCUT2D eigenvalue weighted by Crippen LogP contribution is -2.36. The molecule has 1 heterocycles. The van der Waals surface area contributed by atoms with Gasteiger partial charge in [0.1, 0.15) is 5.92 Å². The fourth-order valence-corrected chi connectivity index (χ4v) is 2.94. The van der Waals surface area contributed by atoms with E-state index < -0.39 is 5.92 Å². The van der Waals surface area contributed by atoms with Crippen LogP contribution < -0.4 is 0 Å². The fourth-order valence-electron chi connectivity index (χ4n) is 2.75. The van der Waals surface area contributed by atoms with Crippen LogP contribution in [0.15, 0.2) is 34.5 Å². The first-order valence-electron chi connectivity index (χ1n) is 7.60. The zero-order valence-electron chi connectivity index (χ0n) is 13.6. The maximum atomic E-state index is 12.3. The van der Waals surface area contributed by atoms with Gasteiger partial charge in [-0.2, -0.15) is 10.2 Å². The summed E-state index contributed by atoms with van der Waals surface area (Å²) < 4.78 is 10.4. The first kappa shape index (κ1) is 17.6. The topological polar surface area (TPSA) is 60.2 Å². The van der Waals surface area contributed by atoms with Crippen LogP contribution >= 0.6 is 11.6 Å². The molecule has 124 valence electrons. The molecule has 23 heavy (non-hydrogen) atoms. The second-order valence-electron chi connectivity index (χ2n) is 5.31. The van der Waals surface area contributed by atoms with Gasteiger partial charge in [-0.1, -0.05) is 23.7 Å². The van der Waals surface area contributed by atoms with Crippen LogP contribution in [-0.2, 0) is 14.3 Å². The van der Waals surface area contributed by atoms with Crippen molar-refractivity contribution in [3.05, 3.63) is 34.9 Å². The van der Waals surface area contributed by atoms with E-state index in [1.54, 1.807) is 13.0 Å². The third kappa shape index (κ3) is 4.18. The Hall–Kier alpha value is -1.72. The van der Waals surface area contributed by atoms with Crippen LogP contribution in [-0.4, -0.2) is 37.7 Å². The van der Waals surface area contributed by atoms with Crippen LogP contribution in [0.2, 0.25) is 5.02 Å². The number of hydrogen-bond acceptors (Lipinski definition) is 5. The summed E-state index contributed by atoms with van der Waals surface area (Å²) >= 11 is 6.13. The van der Waals surface area contributed by atoms with E-state index >= 15 is 0 Å². The summed E-state index contributed by atoms with van der Waals surface area (Å²) in [6.07, 6.45) is 0.606. The third-order valence-corrected chi connectivity index (χ3v) is 4.08. The molecule has 1 aromatic rings. The number of benzene rings is 1. The summed E-state index contributed by atoms with van der Waals surface area (Å²) in [6, 6.07) is 7.48. The minimum Gasteiger partial charge on any atom is -0.468 e. The molecule has 2 unspecified atom stereocenters. The molecule has 6 heteroatoms. The van der Waals surface area contributed by atoms with Crippen molar-refractivity contribution < 1.29 is 14.3 Å². The predicted molar refractivity (Wildman–Crippen MR) is 91.4 cm³/mol. The van der Waals surface area contributed by atoms with E-state index in [2.05, 4.69) is 10.2 Å². The average Bonchev–Trinajstić information content (AvgIpc) is 2.55. The number of ether oxygens (including phenoxy) is 2. The van der Waals surface area contributed by atoms with Crippen LogP contribution in [0, 0.1) is 5.92 Å². The molecule has 0 saturated carbocycles. The van der Waals surface area contributed by atoms with Gasteiger partial charge in [0, 0.05) is 24.0 Å². The van der Waals surface area contributed by atoms with Crippen LogP contribution in [0.5, 0.6) is 0 Å². The Labute approximate surface area is 141 Å². The molecule has 2 rings (SSSR count). The second-order valence-corrected chi connectivity index (χ2v) is 5.75. The minimum absolute atomic E-state index is 0.237. The van der Waals surface area contributed by atoms with Gasteiger partial charge in [0.15, 0.2) is 0 Å². The van der Waals surface area contributed by atoms with Crippen molar-refractivity contribution in [2.24, 2.45) is 16.1 Å². The highest BCUT2D eigenvalue weighted by atomic mass is 35.5. The van der Waals surface area contributed by atoms with Crippen molar-refractivity contribution >= 4 is 29.0 Å². The number of nitrogens with zero attached hydrogens (tertiary/aromatic N) is 2. The van der Waals surface area contributed by atoms with Gasteiger partial charge in [-0.3, -0.25) is 4.79 Å². The Balaban J connectivity index is 2.40. The smallest absolute Gasteiger partial charge is 0.315 e. The quantitative estimate of drug-likeness (QED) is 0.590. The zero-order valence-corrected chi connectivity index (χ0v) is 14.3. The van der Waals surface area contributed by atoms with Crippen LogP contribution in [0.4, 0.5) is 0 Å². The Bertz CT molecular complexity index is 628. The standard InChI is InChI=1S/C17H21ClN2O3/c1-4-23-9-8-14-16(12-6-5-7-13(18)10-12)15(17(21)22-3)11(2)19-20-14/h5-7,10,15-16H,4,8-9H2,1-3H3. The lowest BCUT2D eigenvalue weighted by atomic mass is 9.78. The number of methoxy groups -OCH3 is 1. The molecule has 0 bridgehead atoms. The van der Waals surface area contributed by atoms with Gasteiger partial charge >= 0.3 is 5.97 Å². The van der Waals surface area contributed by atoms with Gasteiger partial charge in [-0.25, -0.2) is 0 Å². The largest absolute Gasteiger partial charge is 0.468 e. The van der Waals surface area contributed by atoms with Crippen molar-refractivity contribution in [3.63, 3.8) is 0 Å². The molecule has 0 radical (unpaired) electrons. The van der Waals surface area contributed by atoms with Crippen molar-refractivity contribution in [2.75, 3.05) is 20.3 Å². The van der Waals surface area contributed by atoms with E-state index in [1.165, 1.54) is 7.11 Å². The highest BCUT2D eigenvalue weighted by Crippen LogP contribution is 2.34. The van der Waals surface area contributed by atoms with Crippen molar-refractivity contribution in [1.29, 1.82) is 0 Å². The van der Waals surface area contributed by atoms with Gasteiger partial charge in [0.25, 0.3) is 0 Å². The van der Waals surface area contributed by atoms with Gasteiger partial charge in [0.2, 0.25) is 0 Å². The van der Waals surface area contributed by atoms with Crippen LogP contribution in [0.25, 0.3) is 0 Å². The molecule has 0 aliphatic carbocycles. The summed E-state index contributed by atoms with van der Waals surface area (Å²) in [7, 11) is 1.39. The third-order valence-electron chi connectivity index (χ3n) is 3.85. The van der Waals surface area contributed by atoms with Gasteiger partial charge < -0.3 is 9.47 Å². The van der Waals surface area contributed by atoms with Crippen molar-refractivity contribution in [1.82, 2.24) is 0 Å². The van der Waals surface area contributed by atoms with E-state index in [-0.39, 0.29) is 11.9 Å². The Morgan fingerprint density at radius 3 is 2.78 bits per heavy atom. The molecule has 1 aromatic carbocycles. The van der Waals surface area contributed by atoms with Gasteiger partial charge in [0.05, 0.1) is 25.1 Å². The molecular formula is C17H21ClN2O3. The summed E-state index contributed by atoms with van der Waals surface area (Å²) in [5.41, 5.74) is 2.38. The number of carbonyl (C=O) groups is 1. The minimum atomic E-state index is -0.493. The Morgan fingerprint density at radius 2 is 2.13 bits per heavy atom. The highest BCUT2D eigenvalue weighted by Gasteiger charge is 2.38. The van der Waals surface area contributed by atoms with E-state index in [0.717, 1.165) is 11.3 Å². The van der Waals surface area contributed by atoms with E-state index in [9.17, 15) is 4.79 Å². The first-order chi connectivity index (χ1) is 11.1. The molecule has 2 atom stereocenters. The molecule has 5 nitrogen and oxygen atoms in total. The highest BCUT2D eigenvalue weighted by molar-refractivity contribution is 6.30. The van der Waals surface area contributed by atoms with Gasteiger partial charge in [-0.15, -0.1) is 0 Å². The maximum Gasteiger partial charge on any atom is 0.315 e. The number of halogens is 1. The lowest BCUT2D eigenvalue weighted by molar-refractivity contribution is -0.143. The van der Waals surface area contributed by atoms with Crippen molar-refractivity contribution in [2.45, 2.75) is 26.2 Å². The average molecular weight is 337 g/mol. The van der Waals surface area contributed by atoms with Gasteiger partial charge in [-0.05, 0) is 31.5 Å². The van der Waals surface area contributed by atoms with Crippen molar-refractivity contribution in [3.8, 4) is 0 Å². The molecule has 1 aliphatic rings.